The van der Waals surface area contributed by atoms with Gasteiger partial charge in [-0.1, -0.05) is 35.8 Å². The van der Waals surface area contributed by atoms with Gasteiger partial charge in [0, 0.05) is 16.8 Å². The fraction of sp³-hybridized carbons (Fsp3) is 0.364. The molecular formula is C11H12BrFO. The maximum Gasteiger partial charge on any atom is 0.139 e. The highest BCUT2D eigenvalue weighted by molar-refractivity contribution is 9.10. The van der Waals surface area contributed by atoms with Gasteiger partial charge >= 0.3 is 0 Å². The minimum atomic E-state index is -0.354. The van der Waals surface area contributed by atoms with Gasteiger partial charge in [-0.25, -0.2) is 4.39 Å². The molecule has 76 valence electrons. The van der Waals surface area contributed by atoms with E-state index in [1.165, 1.54) is 6.07 Å². The van der Waals surface area contributed by atoms with Crippen LogP contribution in [0.2, 0.25) is 0 Å². The van der Waals surface area contributed by atoms with Gasteiger partial charge in [-0.15, -0.1) is 0 Å². The Balaban J connectivity index is 3.01. The summed E-state index contributed by atoms with van der Waals surface area (Å²) in [4.78, 5) is 11.4. The predicted octanol–water partition coefficient (Wildman–Crippen LogP) is 3.67. The molecule has 0 aliphatic carbocycles. The van der Waals surface area contributed by atoms with Crippen molar-refractivity contribution in [2.24, 2.45) is 0 Å². The summed E-state index contributed by atoms with van der Waals surface area (Å²) in [6, 6.07) is 4.78. The molecule has 0 bridgehead atoms. The van der Waals surface area contributed by atoms with E-state index in [4.69, 9.17) is 0 Å². The number of ketones is 1. The molecule has 0 radical (unpaired) electrons. The van der Waals surface area contributed by atoms with Crippen LogP contribution in [0, 0.1) is 5.82 Å². The van der Waals surface area contributed by atoms with Crippen molar-refractivity contribution < 1.29 is 9.18 Å². The van der Waals surface area contributed by atoms with Gasteiger partial charge in [0.25, 0.3) is 0 Å². The molecule has 1 nitrogen and oxygen atoms in total. The number of rotatable bonds is 3. The Morgan fingerprint density at radius 3 is 2.71 bits per heavy atom. The molecule has 1 rings (SSSR count). The number of hydrogen-bond acceptors (Lipinski definition) is 1. The number of Topliss-reactive ketones (excluding diaryl/α,β-unsaturated/α-hetero) is 1. The average molecular weight is 259 g/mol. The molecule has 0 aliphatic heterocycles. The van der Waals surface area contributed by atoms with E-state index >= 15 is 0 Å². The summed E-state index contributed by atoms with van der Waals surface area (Å²) < 4.78 is 14.1. The first-order valence-electron chi connectivity index (χ1n) is 4.54. The molecule has 0 saturated heterocycles. The highest BCUT2D eigenvalue weighted by atomic mass is 79.9. The summed E-state index contributed by atoms with van der Waals surface area (Å²) in [5.41, 5.74) is 0.472. The summed E-state index contributed by atoms with van der Waals surface area (Å²) in [6.45, 7) is 3.52. The van der Waals surface area contributed by atoms with Crippen molar-refractivity contribution in [3.05, 3.63) is 34.1 Å². The van der Waals surface area contributed by atoms with Gasteiger partial charge in [0.1, 0.15) is 11.6 Å². The standard InChI is InChI=1S/C11H12BrFO/c1-3-11(14)7(2)9-5-4-8(12)6-10(9)13/h4-7H,3H2,1-2H3. The number of benzene rings is 1. The third-order valence-corrected chi connectivity index (χ3v) is 2.75. The first-order chi connectivity index (χ1) is 6.56. The normalized spacial score (nSPS) is 12.6. The van der Waals surface area contributed by atoms with Crippen LogP contribution in [-0.2, 0) is 4.79 Å². The molecule has 3 heteroatoms. The SMILES string of the molecule is CCC(=O)C(C)c1ccc(Br)cc1F. The zero-order valence-electron chi connectivity index (χ0n) is 8.18. The lowest BCUT2D eigenvalue weighted by Crippen LogP contribution is -2.09. The van der Waals surface area contributed by atoms with Gasteiger partial charge < -0.3 is 0 Å². The molecule has 0 heterocycles. The maximum atomic E-state index is 13.4. The molecule has 0 amide bonds. The molecule has 0 fully saturated rings. The number of carbonyl (C=O) groups excluding carboxylic acids is 1. The molecule has 0 aliphatic rings. The summed E-state index contributed by atoms with van der Waals surface area (Å²) >= 11 is 3.17. The topological polar surface area (TPSA) is 17.1 Å². The van der Waals surface area contributed by atoms with Crippen molar-refractivity contribution in [1.29, 1.82) is 0 Å². The minimum Gasteiger partial charge on any atom is -0.299 e. The van der Waals surface area contributed by atoms with Crippen LogP contribution >= 0.6 is 15.9 Å². The van der Waals surface area contributed by atoms with E-state index in [0.717, 1.165) is 0 Å². The number of carbonyl (C=O) groups is 1. The third kappa shape index (κ3) is 2.41. The zero-order chi connectivity index (χ0) is 10.7. The molecule has 14 heavy (non-hydrogen) atoms. The molecule has 0 spiro atoms. The van der Waals surface area contributed by atoms with Crippen molar-refractivity contribution in [2.45, 2.75) is 26.2 Å². The zero-order valence-corrected chi connectivity index (χ0v) is 9.77. The molecular weight excluding hydrogens is 247 g/mol. The van der Waals surface area contributed by atoms with Crippen molar-refractivity contribution in [2.75, 3.05) is 0 Å². The van der Waals surface area contributed by atoms with Gasteiger partial charge in [-0.2, -0.15) is 0 Å². The van der Waals surface area contributed by atoms with Crippen molar-refractivity contribution in [1.82, 2.24) is 0 Å². The van der Waals surface area contributed by atoms with Crippen LogP contribution in [0.5, 0.6) is 0 Å². The predicted molar refractivity (Wildman–Crippen MR) is 57.8 cm³/mol. The molecule has 0 aromatic heterocycles. The summed E-state index contributed by atoms with van der Waals surface area (Å²) in [5, 5.41) is 0. The molecule has 0 N–H and O–H groups in total. The lowest BCUT2D eigenvalue weighted by atomic mass is 9.95. The van der Waals surface area contributed by atoms with E-state index in [9.17, 15) is 9.18 Å². The van der Waals surface area contributed by atoms with Crippen LogP contribution in [0.4, 0.5) is 4.39 Å². The van der Waals surface area contributed by atoms with Gasteiger partial charge in [0.05, 0.1) is 0 Å². The largest absolute Gasteiger partial charge is 0.299 e. The number of halogens is 2. The molecule has 0 saturated carbocycles. The number of hydrogen-bond donors (Lipinski definition) is 0. The monoisotopic (exact) mass is 258 g/mol. The molecule has 1 unspecified atom stereocenters. The smallest absolute Gasteiger partial charge is 0.139 e. The lowest BCUT2D eigenvalue weighted by molar-refractivity contribution is -0.119. The van der Waals surface area contributed by atoms with Crippen LogP contribution in [0.1, 0.15) is 31.7 Å². The highest BCUT2D eigenvalue weighted by Gasteiger charge is 2.16. The van der Waals surface area contributed by atoms with Gasteiger partial charge in [-0.3, -0.25) is 4.79 Å². The first-order valence-corrected chi connectivity index (χ1v) is 5.33. The van der Waals surface area contributed by atoms with Gasteiger partial charge in [0.2, 0.25) is 0 Å². The summed E-state index contributed by atoms with van der Waals surface area (Å²) in [6.07, 6.45) is 0.441. The second kappa shape index (κ2) is 4.69. The van der Waals surface area contributed by atoms with E-state index in [0.29, 0.717) is 16.5 Å². The van der Waals surface area contributed by atoms with Crippen molar-refractivity contribution in [3.63, 3.8) is 0 Å². The summed E-state index contributed by atoms with van der Waals surface area (Å²) in [5.74, 6) is -0.618. The second-order valence-corrected chi connectivity index (χ2v) is 4.12. The Morgan fingerprint density at radius 1 is 1.57 bits per heavy atom. The Labute approximate surface area is 91.5 Å². The Hall–Kier alpha value is -0.700. The average Bonchev–Trinajstić information content (AvgIpc) is 2.15. The van der Waals surface area contributed by atoms with E-state index in [-0.39, 0.29) is 17.5 Å². The van der Waals surface area contributed by atoms with Crippen molar-refractivity contribution >= 4 is 21.7 Å². The molecule has 1 atom stereocenters. The van der Waals surface area contributed by atoms with Crippen LogP contribution in [0.15, 0.2) is 22.7 Å². The summed E-state index contributed by atoms with van der Waals surface area (Å²) in [7, 11) is 0. The Morgan fingerprint density at radius 2 is 2.21 bits per heavy atom. The van der Waals surface area contributed by atoms with E-state index in [1.807, 2.05) is 0 Å². The third-order valence-electron chi connectivity index (χ3n) is 2.26. The Kier molecular flexibility index (Phi) is 3.81. The minimum absolute atomic E-state index is 0.0613. The van der Waals surface area contributed by atoms with Crippen molar-refractivity contribution in [3.8, 4) is 0 Å². The van der Waals surface area contributed by atoms with Crippen LogP contribution in [0.3, 0.4) is 0 Å². The molecule has 1 aromatic rings. The van der Waals surface area contributed by atoms with E-state index < -0.39 is 0 Å². The van der Waals surface area contributed by atoms with Gasteiger partial charge in [-0.05, 0) is 17.7 Å². The van der Waals surface area contributed by atoms with E-state index in [1.54, 1.807) is 26.0 Å². The van der Waals surface area contributed by atoms with E-state index in [2.05, 4.69) is 15.9 Å². The maximum absolute atomic E-state index is 13.4. The second-order valence-electron chi connectivity index (χ2n) is 3.21. The lowest BCUT2D eigenvalue weighted by Gasteiger charge is -2.10. The fourth-order valence-corrected chi connectivity index (χ4v) is 1.67. The Bertz CT molecular complexity index is 349. The van der Waals surface area contributed by atoms with Crippen LogP contribution < -0.4 is 0 Å². The molecule has 1 aromatic carbocycles. The van der Waals surface area contributed by atoms with Crippen LogP contribution in [0.25, 0.3) is 0 Å². The first kappa shape index (κ1) is 11.4. The van der Waals surface area contributed by atoms with Crippen LogP contribution in [-0.4, -0.2) is 5.78 Å². The highest BCUT2D eigenvalue weighted by Crippen LogP contribution is 2.23. The quantitative estimate of drug-likeness (QED) is 0.809. The van der Waals surface area contributed by atoms with Gasteiger partial charge in [0.15, 0.2) is 0 Å². The fourth-order valence-electron chi connectivity index (χ4n) is 1.33.